The van der Waals surface area contributed by atoms with Crippen molar-refractivity contribution in [1.82, 2.24) is 0 Å². The third-order valence-electron chi connectivity index (χ3n) is 3.12. The summed E-state index contributed by atoms with van der Waals surface area (Å²) >= 11 is 0. The number of ether oxygens (including phenoxy) is 1. The van der Waals surface area contributed by atoms with Crippen molar-refractivity contribution in [2.24, 2.45) is 0 Å². The lowest BCUT2D eigenvalue weighted by molar-refractivity contribution is -0.136. The molecule has 0 spiro atoms. The van der Waals surface area contributed by atoms with E-state index in [1.165, 1.54) is 0 Å². The monoisotopic (exact) mass is 305 g/mol. The number of aliphatic carboxylic acids is 1. The maximum Gasteiger partial charge on any atom is 0.338 e. The zero-order chi connectivity index (χ0) is 16.4. The van der Waals surface area contributed by atoms with Gasteiger partial charge in [0.15, 0.2) is 0 Å². The van der Waals surface area contributed by atoms with Gasteiger partial charge in [-0.15, -0.1) is 6.58 Å². The number of hydrogen-bond acceptors (Lipinski definition) is 4. The second-order valence-electron chi connectivity index (χ2n) is 4.92. The molecule has 0 heterocycles. The molecule has 0 bridgehead atoms. The number of carbonyl (C=O) groups excluding carboxylic acids is 1. The van der Waals surface area contributed by atoms with E-state index < -0.39 is 5.97 Å². The number of rotatable bonds is 10. The van der Waals surface area contributed by atoms with E-state index in [9.17, 15) is 9.59 Å². The lowest BCUT2D eigenvalue weighted by Gasteiger charge is -2.23. The third-order valence-corrected chi connectivity index (χ3v) is 3.12. The quantitative estimate of drug-likeness (QED) is 0.409. The summed E-state index contributed by atoms with van der Waals surface area (Å²) in [5, 5.41) is 8.81. The van der Waals surface area contributed by atoms with Gasteiger partial charge in [-0.25, -0.2) is 4.79 Å². The molecule has 0 atom stereocenters. The third kappa shape index (κ3) is 5.99. The highest BCUT2D eigenvalue weighted by Gasteiger charge is 2.12. The molecule has 0 aliphatic carbocycles. The van der Waals surface area contributed by atoms with Crippen LogP contribution >= 0.6 is 0 Å². The van der Waals surface area contributed by atoms with Gasteiger partial charge in [0.25, 0.3) is 0 Å². The van der Waals surface area contributed by atoms with Gasteiger partial charge in [0.2, 0.25) is 0 Å². The molecule has 1 N–H and O–H groups in total. The van der Waals surface area contributed by atoms with Gasteiger partial charge < -0.3 is 14.7 Å². The molecule has 5 nitrogen and oxygen atoms in total. The Morgan fingerprint density at radius 1 is 1.41 bits per heavy atom. The van der Waals surface area contributed by atoms with Gasteiger partial charge in [-0.05, 0) is 24.6 Å². The molecular weight excluding hydrogens is 282 g/mol. The molecule has 0 aliphatic rings. The lowest BCUT2D eigenvalue weighted by Crippen LogP contribution is -2.26. The van der Waals surface area contributed by atoms with E-state index in [2.05, 4.69) is 6.58 Å². The van der Waals surface area contributed by atoms with E-state index in [1.807, 2.05) is 17.9 Å². The van der Waals surface area contributed by atoms with Crippen LogP contribution < -0.4 is 4.90 Å². The van der Waals surface area contributed by atoms with E-state index in [0.29, 0.717) is 25.3 Å². The van der Waals surface area contributed by atoms with Gasteiger partial charge >= 0.3 is 11.9 Å². The zero-order valence-corrected chi connectivity index (χ0v) is 13.0. The topological polar surface area (TPSA) is 66.8 Å². The van der Waals surface area contributed by atoms with Crippen molar-refractivity contribution in [3.05, 3.63) is 42.5 Å². The highest BCUT2D eigenvalue weighted by molar-refractivity contribution is 5.90. The molecule has 0 saturated heterocycles. The Balaban J connectivity index is 2.80. The summed E-state index contributed by atoms with van der Waals surface area (Å²) < 4.78 is 5.19. The average Bonchev–Trinajstić information content (AvgIpc) is 2.51. The van der Waals surface area contributed by atoms with Gasteiger partial charge in [-0.1, -0.05) is 25.5 Å². The summed E-state index contributed by atoms with van der Waals surface area (Å²) in [5.74, 6) is -1.21. The maximum atomic E-state index is 12.0. The summed E-state index contributed by atoms with van der Waals surface area (Å²) in [6, 6.07) is 7.03. The van der Waals surface area contributed by atoms with Gasteiger partial charge in [0, 0.05) is 18.8 Å². The fourth-order valence-electron chi connectivity index (χ4n) is 1.93. The van der Waals surface area contributed by atoms with Crippen molar-refractivity contribution in [2.75, 3.05) is 24.6 Å². The van der Waals surface area contributed by atoms with Crippen LogP contribution in [0.2, 0.25) is 0 Å². The molecule has 0 unspecified atom stereocenters. The Morgan fingerprint density at radius 3 is 2.82 bits per heavy atom. The Bertz CT molecular complexity index is 513. The Labute approximate surface area is 131 Å². The highest BCUT2D eigenvalue weighted by Crippen LogP contribution is 2.17. The number of benzene rings is 1. The number of carbonyl (C=O) groups is 2. The van der Waals surface area contributed by atoms with Crippen molar-refractivity contribution < 1.29 is 19.4 Å². The van der Waals surface area contributed by atoms with Crippen LogP contribution in [-0.2, 0) is 9.53 Å². The number of carboxylic acids is 1. The normalized spacial score (nSPS) is 10.0. The van der Waals surface area contributed by atoms with Crippen LogP contribution in [0.1, 0.15) is 36.5 Å². The van der Waals surface area contributed by atoms with Crippen LogP contribution in [0.15, 0.2) is 36.9 Å². The molecule has 0 fully saturated rings. The average molecular weight is 305 g/mol. The van der Waals surface area contributed by atoms with Crippen molar-refractivity contribution in [2.45, 2.75) is 26.2 Å². The van der Waals surface area contributed by atoms with E-state index in [-0.39, 0.29) is 12.4 Å². The summed E-state index contributed by atoms with van der Waals surface area (Å²) in [6.45, 7) is 7.00. The first-order chi connectivity index (χ1) is 10.6. The standard InChI is InChI=1S/C17H23NO4/c1-3-5-12-22-17(21)14-7-6-8-15(13-14)18(10-4-2)11-9-16(19)20/h4,6-8,13H,2-3,5,9-12H2,1H3,(H,19,20). The Hall–Kier alpha value is -2.30. The number of esters is 1. The summed E-state index contributed by atoms with van der Waals surface area (Å²) in [4.78, 5) is 24.6. The van der Waals surface area contributed by atoms with Crippen molar-refractivity contribution >= 4 is 17.6 Å². The highest BCUT2D eigenvalue weighted by atomic mass is 16.5. The van der Waals surface area contributed by atoms with Crippen LogP contribution in [0.25, 0.3) is 0 Å². The van der Waals surface area contributed by atoms with Crippen molar-refractivity contribution in [3.8, 4) is 0 Å². The lowest BCUT2D eigenvalue weighted by atomic mass is 10.2. The van der Waals surface area contributed by atoms with E-state index in [4.69, 9.17) is 9.84 Å². The van der Waals surface area contributed by atoms with Gasteiger partial charge in [0.1, 0.15) is 0 Å². The molecule has 0 saturated carbocycles. The summed E-state index contributed by atoms with van der Waals surface area (Å²) in [7, 11) is 0. The van der Waals surface area contributed by atoms with Gasteiger partial charge in [-0.3, -0.25) is 4.79 Å². The summed E-state index contributed by atoms with van der Waals surface area (Å²) in [5.41, 5.74) is 1.25. The van der Waals surface area contributed by atoms with Crippen LogP contribution in [0.4, 0.5) is 5.69 Å². The SMILES string of the molecule is C=CCN(CCC(=O)O)c1cccc(C(=O)OCCCC)c1. The number of hydrogen-bond donors (Lipinski definition) is 1. The molecule has 1 aromatic carbocycles. The van der Waals surface area contributed by atoms with E-state index >= 15 is 0 Å². The predicted molar refractivity (Wildman–Crippen MR) is 86.3 cm³/mol. The molecule has 0 aliphatic heterocycles. The van der Waals surface area contributed by atoms with Crippen LogP contribution in [-0.4, -0.2) is 36.7 Å². The first-order valence-corrected chi connectivity index (χ1v) is 7.43. The van der Waals surface area contributed by atoms with Gasteiger partial charge in [0.05, 0.1) is 18.6 Å². The largest absolute Gasteiger partial charge is 0.481 e. The molecule has 120 valence electrons. The second-order valence-corrected chi connectivity index (χ2v) is 4.92. The van der Waals surface area contributed by atoms with E-state index in [1.54, 1.807) is 24.3 Å². The van der Waals surface area contributed by atoms with Crippen molar-refractivity contribution in [3.63, 3.8) is 0 Å². The predicted octanol–water partition coefficient (Wildman–Crippen LogP) is 3.11. The fraction of sp³-hybridized carbons (Fsp3) is 0.412. The second kappa shape index (κ2) is 9.60. The first kappa shape index (κ1) is 17.8. The fourth-order valence-corrected chi connectivity index (χ4v) is 1.93. The molecule has 0 aromatic heterocycles. The Morgan fingerprint density at radius 2 is 2.18 bits per heavy atom. The molecule has 1 aromatic rings. The van der Waals surface area contributed by atoms with Crippen LogP contribution in [0, 0.1) is 0 Å². The number of nitrogens with zero attached hydrogens (tertiary/aromatic N) is 1. The zero-order valence-electron chi connectivity index (χ0n) is 13.0. The minimum absolute atomic E-state index is 0.0268. The molecule has 5 heteroatoms. The molecular formula is C17H23NO4. The molecule has 1 rings (SSSR count). The number of carboxylic acid groups (broad SMARTS) is 1. The minimum Gasteiger partial charge on any atom is -0.481 e. The summed E-state index contributed by atoms with van der Waals surface area (Å²) in [6.07, 6.45) is 3.54. The van der Waals surface area contributed by atoms with Gasteiger partial charge in [-0.2, -0.15) is 0 Å². The molecule has 22 heavy (non-hydrogen) atoms. The van der Waals surface area contributed by atoms with Crippen LogP contribution in [0.5, 0.6) is 0 Å². The minimum atomic E-state index is -0.857. The van der Waals surface area contributed by atoms with Crippen molar-refractivity contribution in [1.29, 1.82) is 0 Å². The van der Waals surface area contributed by atoms with Crippen LogP contribution in [0.3, 0.4) is 0 Å². The van der Waals surface area contributed by atoms with E-state index in [0.717, 1.165) is 18.5 Å². The number of anilines is 1. The maximum absolute atomic E-state index is 12.0. The number of unbranched alkanes of at least 4 members (excludes halogenated alkanes) is 1. The molecule has 0 amide bonds. The smallest absolute Gasteiger partial charge is 0.338 e. The Kier molecular flexibility index (Phi) is 7.75. The molecule has 0 radical (unpaired) electrons. The first-order valence-electron chi connectivity index (χ1n) is 7.43.